The second-order valence-corrected chi connectivity index (χ2v) is 6.05. The van der Waals surface area contributed by atoms with Gasteiger partial charge in [0.25, 0.3) is 0 Å². The van der Waals surface area contributed by atoms with Crippen molar-refractivity contribution in [1.29, 1.82) is 0 Å². The fourth-order valence-corrected chi connectivity index (χ4v) is 3.14. The molecule has 122 valence electrons. The topological polar surface area (TPSA) is 29.0 Å². The fourth-order valence-electron chi connectivity index (χ4n) is 3.14. The first-order valence-electron chi connectivity index (χ1n) is 7.99. The average Bonchev–Trinajstić information content (AvgIpc) is 2.99. The van der Waals surface area contributed by atoms with Crippen LogP contribution in [0.25, 0.3) is 11.3 Å². The van der Waals surface area contributed by atoms with Gasteiger partial charge in [-0.15, -0.1) is 12.4 Å². The maximum absolute atomic E-state index is 4.67. The highest BCUT2D eigenvalue weighted by atomic mass is 35.5. The van der Waals surface area contributed by atoms with Crippen molar-refractivity contribution in [3.63, 3.8) is 0 Å². The Morgan fingerprint density at radius 3 is 2.46 bits per heavy atom. The minimum atomic E-state index is 0. The zero-order valence-corrected chi connectivity index (χ0v) is 14.7. The Hall–Kier alpha value is -2.39. The zero-order valence-electron chi connectivity index (χ0n) is 13.9. The number of halogens is 1. The normalized spacial score (nSPS) is 12.7. The largest absolute Gasteiger partial charge is 0.326 e. The average molecular weight is 338 g/mol. The Balaban J connectivity index is 0.00000169. The van der Waals surface area contributed by atoms with Gasteiger partial charge in [0.1, 0.15) is 11.6 Å². The molecule has 1 aliphatic heterocycles. The Morgan fingerprint density at radius 2 is 1.67 bits per heavy atom. The van der Waals surface area contributed by atoms with Crippen molar-refractivity contribution < 1.29 is 0 Å². The van der Waals surface area contributed by atoms with Crippen LogP contribution in [-0.4, -0.2) is 16.5 Å². The molecule has 4 heteroatoms. The van der Waals surface area contributed by atoms with Gasteiger partial charge in [0.05, 0.1) is 5.69 Å². The van der Waals surface area contributed by atoms with Crippen LogP contribution < -0.4 is 4.90 Å². The molecule has 0 bridgehead atoms. The number of hydrogen-bond donors (Lipinski definition) is 0. The number of aryl methyl sites for hydroxylation is 2. The van der Waals surface area contributed by atoms with Crippen LogP contribution in [0, 0.1) is 13.8 Å². The molecular weight excluding hydrogens is 318 g/mol. The number of fused-ring (bicyclic) bond motifs is 1. The number of rotatable bonds is 2. The molecule has 0 radical (unpaired) electrons. The molecule has 0 saturated heterocycles. The second-order valence-electron chi connectivity index (χ2n) is 6.05. The van der Waals surface area contributed by atoms with Crippen LogP contribution in [0.2, 0.25) is 0 Å². The molecule has 0 fully saturated rings. The summed E-state index contributed by atoms with van der Waals surface area (Å²) in [4.78, 5) is 11.6. The predicted octanol–water partition coefficient (Wildman–Crippen LogP) is 4.88. The molecule has 2 heterocycles. The first-order chi connectivity index (χ1) is 11.2. The lowest BCUT2D eigenvalue weighted by molar-refractivity contribution is 0.947. The van der Waals surface area contributed by atoms with Gasteiger partial charge in [-0.1, -0.05) is 48.0 Å². The highest BCUT2D eigenvalue weighted by molar-refractivity contribution is 5.85. The molecule has 4 rings (SSSR count). The highest BCUT2D eigenvalue weighted by Gasteiger charge is 2.21. The van der Waals surface area contributed by atoms with E-state index in [0.29, 0.717) is 0 Å². The van der Waals surface area contributed by atoms with Crippen LogP contribution in [0.4, 0.5) is 11.5 Å². The molecule has 3 aromatic rings. The summed E-state index contributed by atoms with van der Waals surface area (Å²) in [6, 6.07) is 19.2. The van der Waals surface area contributed by atoms with E-state index in [-0.39, 0.29) is 12.4 Å². The van der Waals surface area contributed by atoms with Crippen molar-refractivity contribution in [3.05, 3.63) is 71.5 Å². The van der Waals surface area contributed by atoms with Gasteiger partial charge in [0.15, 0.2) is 0 Å². The van der Waals surface area contributed by atoms with Crippen molar-refractivity contribution >= 4 is 23.9 Å². The smallest absolute Gasteiger partial charge is 0.137 e. The summed E-state index contributed by atoms with van der Waals surface area (Å²) in [5, 5.41) is 0. The summed E-state index contributed by atoms with van der Waals surface area (Å²) in [5.41, 5.74) is 6.03. The van der Waals surface area contributed by atoms with E-state index in [1.807, 2.05) is 6.92 Å². The third-order valence-corrected chi connectivity index (χ3v) is 4.34. The van der Waals surface area contributed by atoms with Crippen molar-refractivity contribution in [2.24, 2.45) is 0 Å². The van der Waals surface area contributed by atoms with Crippen LogP contribution in [0.3, 0.4) is 0 Å². The van der Waals surface area contributed by atoms with Crippen molar-refractivity contribution in [2.75, 3.05) is 11.4 Å². The molecule has 0 aliphatic carbocycles. The molecule has 0 spiro atoms. The summed E-state index contributed by atoms with van der Waals surface area (Å²) in [7, 11) is 0. The highest BCUT2D eigenvalue weighted by Crippen LogP contribution is 2.34. The van der Waals surface area contributed by atoms with E-state index >= 15 is 0 Å². The number of nitrogens with zero attached hydrogens (tertiary/aromatic N) is 3. The third kappa shape index (κ3) is 3.00. The predicted molar refractivity (Wildman–Crippen MR) is 101 cm³/mol. The van der Waals surface area contributed by atoms with E-state index in [4.69, 9.17) is 0 Å². The molecule has 3 nitrogen and oxygen atoms in total. The molecule has 0 amide bonds. The summed E-state index contributed by atoms with van der Waals surface area (Å²) in [6.45, 7) is 5.04. The van der Waals surface area contributed by atoms with Crippen molar-refractivity contribution in [2.45, 2.75) is 20.3 Å². The minimum Gasteiger partial charge on any atom is -0.326 e. The van der Waals surface area contributed by atoms with Gasteiger partial charge in [0, 0.05) is 23.9 Å². The van der Waals surface area contributed by atoms with Gasteiger partial charge in [-0.3, -0.25) is 0 Å². The fraction of sp³-hybridized carbons (Fsp3) is 0.200. The lowest BCUT2D eigenvalue weighted by atomic mass is 10.1. The van der Waals surface area contributed by atoms with E-state index in [1.54, 1.807) is 0 Å². The number of benzene rings is 2. The van der Waals surface area contributed by atoms with E-state index in [2.05, 4.69) is 76.4 Å². The van der Waals surface area contributed by atoms with E-state index < -0.39 is 0 Å². The van der Waals surface area contributed by atoms with Gasteiger partial charge in [0.2, 0.25) is 0 Å². The van der Waals surface area contributed by atoms with Gasteiger partial charge < -0.3 is 4.90 Å². The Bertz CT molecular complexity index is 859. The minimum absolute atomic E-state index is 0. The maximum atomic E-state index is 4.67. The summed E-state index contributed by atoms with van der Waals surface area (Å²) >= 11 is 0. The lowest BCUT2D eigenvalue weighted by Crippen LogP contribution is -2.15. The van der Waals surface area contributed by atoms with Crippen LogP contribution in [0.1, 0.15) is 17.0 Å². The summed E-state index contributed by atoms with van der Waals surface area (Å²) in [5.74, 6) is 1.79. The molecule has 1 aromatic heterocycles. The van der Waals surface area contributed by atoms with E-state index in [9.17, 15) is 0 Å². The maximum Gasteiger partial charge on any atom is 0.137 e. The standard InChI is InChI=1S/C20H19N3.ClH/c1-14-7-9-16(10-8-14)18-13-20(22-15(2)21-18)23-12-11-17-5-3-4-6-19(17)23;/h3-10,13H,11-12H2,1-2H3;1H. The second kappa shape index (κ2) is 6.62. The van der Waals surface area contributed by atoms with Gasteiger partial charge in [-0.05, 0) is 31.9 Å². The first-order valence-corrected chi connectivity index (χ1v) is 7.99. The molecule has 0 N–H and O–H groups in total. The number of anilines is 2. The van der Waals surface area contributed by atoms with Gasteiger partial charge in [-0.2, -0.15) is 0 Å². The zero-order chi connectivity index (χ0) is 15.8. The van der Waals surface area contributed by atoms with Crippen LogP contribution in [0.15, 0.2) is 54.6 Å². The summed E-state index contributed by atoms with van der Waals surface area (Å²) < 4.78 is 0. The van der Waals surface area contributed by atoms with Gasteiger partial charge in [-0.25, -0.2) is 9.97 Å². The lowest BCUT2D eigenvalue weighted by Gasteiger charge is -2.19. The Kier molecular flexibility index (Phi) is 4.54. The Labute approximate surface area is 148 Å². The molecule has 0 saturated carbocycles. The van der Waals surface area contributed by atoms with Crippen molar-refractivity contribution in [1.82, 2.24) is 9.97 Å². The number of para-hydroxylation sites is 1. The first kappa shape index (κ1) is 16.5. The van der Waals surface area contributed by atoms with Gasteiger partial charge >= 0.3 is 0 Å². The van der Waals surface area contributed by atoms with E-state index in [0.717, 1.165) is 35.9 Å². The van der Waals surface area contributed by atoms with Crippen LogP contribution >= 0.6 is 12.4 Å². The molecule has 1 aliphatic rings. The van der Waals surface area contributed by atoms with Crippen LogP contribution in [0.5, 0.6) is 0 Å². The number of aromatic nitrogens is 2. The third-order valence-electron chi connectivity index (χ3n) is 4.34. The SMILES string of the molecule is Cc1ccc(-c2cc(N3CCc4ccccc43)nc(C)n2)cc1.Cl. The number of hydrogen-bond acceptors (Lipinski definition) is 3. The Morgan fingerprint density at radius 1 is 0.917 bits per heavy atom. The summed E-state index contributed by atoms with van der Waals surface area (Å²) in [6.07, 6.45) is 1.07. The monoisotopic (exact) mass is 337 g/mol. The molecular formula is C20H20ClN3. The quantitative estimate of drug-likeness (QED) is 0.667. The molecule has 0 unspecified atom stereocenters. The van der Waals surface area contributed by atoms with E-state index in [1.165, 1.54) is 16.8 Å². The van der Waals surface area contributed by atoms with Crippen LogP contribution in [-0.2, 0) is 6.42 Å². The molecule has 24 heavy (non-hydrogen) atoms. The van der Waals surface area contributed by atoms with Crippen molar-refractivity contribution in [3.8, 4) is 11.3 Å². The molecule has 0 atom stereocenters. The molecule has 2 aromatic carbocycles.